The Morgan fingerprint density at radius 3 is 2.87 bits per heavy atom. The molecule has 2 heterocycles. The van der Waals surface area contributed by atoms with Gasteiger partial charge in [0.1, 0.15) is 28.4 Å². The van der Waals surface area contributed by atoms with Gasteiger partial charge in [-0.05, 0) is 48.2 Å². The fourth-order valence-electron chi connectivity index (χ4n) is 3.01. The highest BCUT2D eigenvalue weighted by Gasteiger charge is 2.21. The topological polar surface area (TPSA) is 67.5 Å². The summed E-state index contributed by atoms with van der Waals surface area (Å²) in [5.74, 6) is 0.657. The lowest BCUT2D eigenvalue weighted by Crippen LogP contribution is -2.42. The molecule has 4 rings (SSSR count). The van der Waals surface area contributed by atoms with Gasteiger partial charge in [-0.3, -0.25) is 0 Å². The Bertz CT molecular complexity index is 1160. The van der Waals surface area contributed by atoms with Crippen LogP contribution in [0.3, 0.4) is 0 Å². The molecule has 0 unspecified atom stereocenters. The molecule has 2 N–H and O–H groups in total. The molecule has 30 heavy (non-hydrogen) atoms. The number of ether oxygens (including phenoxy) is 1. The second kappa shape index (κ2) is 8.96. The molecule has 0 radical (unpaired) electrons. The van der Waals surface area contributed by atoms with Crippen LogP contribution in [-0.2, 0) is 6.54 Å². The fraction of sp³-hybridized carbons (Fsp3) is 0.227. The normalized spacial score (nSPS) is 13.5. The first-order valence-electron chi connectivity index (χ1n) is 9.34. The molecule has 0 aliphatic carbocycles. The van der Waals surface area contributed by atoms with Crippen LogP contribution >= 0.6 is 34.5 Å². The Morgan fingerprint density at radius 2 is 2.03 bits per heavy atom. The SMILES string of the molecule is C[C@@](O)(CNCc1ccc(Cl)c(Cl)c1)COc1cccc(-c2noc3ccsc23)c1. The molecule has 0 aliphatic heterocycles. The second-order valence-electron chi connectivity index (χ2n) is 7.31. The highest BCUT2D eigenvalue weighted by atomic mass is 35.5. The number of rotatable bonds is 8. The van der Waals surface area contributed by atoms with Gasteiger partial charge in [0.15, 0.2) is 5.58 Å². The Balaban J connectivity index is 1.34. The van der Waals surface area contributed by atoms with E-state index in [0.29, 0.717) is 28.9 Å². The van der Waals surface area contributed by atoms with E-state index in [1.54, 1.807) is 24.3 Å². The summed E-state index contributed by atoms with van der Waals surface area (Å²) in [5.41, 5.74) is 2.41. The minimum atomic E-state index is -1.05. The van der Waals surface area contributed by atoms with Crippen molar-refractivity contribution in [1.82, 2.24) is 10.5 Å². The number of hydrogen-bond acceptors (Lipinski definition) is 6. The molecule has 2 aromatic heterocycles. The van der Waals surface area contributed by atoms with E-state index in [2.05, 4.69) is 10.5 Å². The first-order chi connectivity index (χ1) is 14.4. The smallest absolute Gasteiger partial charge is 0.178 e. The van der Waals surface area contributed by atoms with Crippen LogP contribution in [0.2, 0.25) is 10.0 Å². The maximum Gasteiger partial charge on any atom is 0.178 e. The number of benzene rings is 2. The van der Waals surface area contributed by atoms with Crippen molar-refractivity contribution in [2.45, 2.75) is 19.1 Å². The van der Waals surface area contributed by atoms with E-state index in [1.807, 2.05) is 47.8 Å². The molecule has 1 atom stereocenters. The summed E-state index contributed by atoms with van der Waals surface area (Å²) >= 11 is 13.6. The van der Waals surface area contributed by atoms with Gasteiger partial charge in [0, 0.05) is 18.7 Å². The number of fused-ring (bicyclic) bond motifs is 1. The predicted molar refractivity (Wildman–Crippen MR) is 122 cm³/mol. The van der Waals surface area contributed by atoms with E-state index in [4.69, 9.17) is 32.5 Å². The van der Waals surface area contributed by atoms with Gasteiger partial charge in [0.2, 0.25) is 0 Å². The van der Waals surface area contributed by atoms with Crippen molar-refractivity contribution >= 4 is 44.8 Å². The van der Waals surface area contributed by atoms with E-state index in [1.165, 1.54) is 0 Å². The Hall–Kier alpha value is -2.09. The van der Waals surface area contributed by atoms with Crippen molar-refractivity contribution in [3.8, 4) is 17.0 Å². The molecule has 0 saturated carbocycles. The van der Waals surface area contributed by atoms with Crippen LogP contribution in [0.1, 0.15) is 12.5 Å². The standard InChI is InChI=1S/C22H20Cl2N2O3S/c1-22(27,12-25-11-14-5-6-17(23)18(24)9-14)13-28-16-4-2-3-15(10-16)20-21-19(29-26-20)7-8-30-21/h2-10,25,27H,11-13H2,1H3/t22-/m1/s1. The van der Waals surface area contributed by atoms with Gasteiger partial charge in [0.05, 0.1) is 10.0 Å². The van der Waals surface area contributed by atoms with E-state index >= 15 is 0 Å². The number of nitrogens with zero attached hydrogens (tertiary/aromatic N) is 1. The van der Waals surface area contributed by atoms with Crippen molar-refractivity contribution < 1.29 is 14.4 Å². The van der Waals surface area contributed by atoms with Crippen molar-refractivity contribution in [2.24, 2.45) is 0 Å². The van der Waals surface area contributed by atoms with E-state index in [0.717, 1.165) is 27.1 Å². The fourth-order valence-corrected chi connectivity index (χ4v) is 4.15. The van der Waals surface area contributed by atoms with Crippen molar-refractivity contribution in [1.29, 1.82) is 0 Å². The molecule has 5 nitrogen and oxygen atoms in total. The lowest BCUT2D eigenvalue weighted by Gasteiger charge is -2.24. The van der Waals surface area contributed by atoms with Crippen LogP contribution in [0.5, 0.6) is 5.75 Å². The average molecular weight is 463 g/mol. The number of nitrogens with one attached hydrogen (secondary N) is 1. The van der Waals surface area contributed by atoms with Crippen LogP contribution in [-0.4, -0.2) is 29.0 Å². The lowest BCUT2D eigenvalue weighted by molar-refractivity contribution is 0.0121. The summed E-state index contributed by atoms with van der Waals surface area (Å²) < 4.78 is 12.2. The maximum absolute atomic E-state index is 10.7. The zero-order chi connectivity index (χ0) is 21.1. The predicted octanol–water partition coefficient (Wildman–Crippen LogP) is 5.78. The highest BCUT2D eigenvalue weighted by Crippen LogP contribution is 2.33. The molecule has 0 fully saturated rings. The van der Waals surface area contributed by atoms with Gasteiger partial charge in [-0.2, -0.15) is 0 Å². The Kier molecular flexibility index (Phi) is 6.32. The van der Waals surface area contributed by atoms with Gasteiger partial charge in [-0.1, -0.05) is 46.6 Å². The Morgan fingerprint density at radius 1 is 1.17 bits per heavy atom. The minimum Gasteiger partial charge on any atom is -0.491 e. The molecule has 0 aliphatic rings. The highest BCUT2D eigenvalue weighted by molar-refractivity contribution is 7.17. The molecular formula is C22H20Cl2N2O3S. The molecule has 0 bridgehead atoms. The van der Waals surface area contributed by atoms with Crippen LogP contribution in [0.25, 0.3) is 21.5 Å². The third-order valence-corrected chi connectivity index (χ3v) is 6.20. The van der Waals surface area contributed by atoms with E-state index in [-0.39, 0.29) is 6.61 Å². The number of aromatic nitrogens is 1. The number of aliphatic hydroxyl groups is 1. The number of halogens is 2. The Labute approximate surface area is 188 Å². The monoisotopic (exact) mass is 462 g/mol. The summed E-state index contributed by atoms with van der Waals surface area (Å²) in [6.07, 6.45) is 0. The summed E-state index contributed by atoms with van der Waals surface area (Å²) in [7, 11) is 0. The van der Waals surface area contributed by atoms with E-state index < -0.39 is 5.60 Å². The lowest BCUT2D eigenvalue weighted by atomic mass is 10.1. The van der Waals surface area contributed by atoms with Gasteiger partial charge in [0.25, 0.3) is 0 Å². The summed E-state index contributed by atoms with van der Waals surface area (Å²) in [5, 5.41) is 21.0. The quantitative estimate of drug-likeness (QED) is 0.347. The summed E-state index contributed by atoms with van der Waals surface area (Å²) in [4.78, 5) is 0. The third-order valence-electron chi connectivity index (χ3n) is 4.56. The molecule has 0 spiro atoms. The van der Waals surface area contributed by atoms with Crippen LogP contribution in [0.4, 0.5) is 0 Å². The third kappa shape index (κ3) is 4.96. The maximum atomic E-state index is 10.7. The minimum absolute atomic E-state index is 0.137. The first kappa shape index (κ1) is 21.2. The number of hydrogen-bond donors (Lipinski definition) is 2. The number of thiophene rings is 1. The van der Waals surface area contributed by atoms with Gasteiger partial charge < -0.3 is 19.7 Å². The van der Waals surface area contributed by atoms with Crippen LogP contribution in [0, 0.1) is 0 Å². The molecule has 2 aromatic carbocycles. The summed E-state index contributed by atoms with van der Waals surface area (Å²) in [6.45, 7) is 2.78. The largest absolute Gasteiger partial charge is 0.491 e. The average Bonchev–Trinajstić information content (AvgIpc) is 3.33. The second-order valence-corrected chi connectivity index (χ2v) is 9.04. The van der Waals surface area contributed by atoms with Crippen LogP contribution < -0.4 is 10.1 Å². The van der Waals surface area contributed by atoms with Crippen LogP contribution in [0.15, 0.2) is 58.4 Å². The van der Waals surface area contributed by atoms with E-state index in [9.17, 15) is 5.11 Å². The molecule has 0 saturated heterocycles. The van der Waals surface area contributed by atoms with Crippen molar-refractivity contribution in [2.75, 3.05) is 13.2 Å². The molecule has 4 aromatic rings. The molecule has 156 valence electrons. The zero-order valence-corrected chi connectivity index (χ0v) is 18.5. The van der Waals surface area contributed by atoms with Gasteiger partial charge >= 0.3 is 0 Å². The molecular weight excluding hydrogens is 443 g/mol. The zero-order valence-electron chi connectivity index (χ0n) is 16.2. The van der Waals surface area contributed by atoms with Crippen molar-refractivity contribution in [3.63, 3.8) is 0 Å². The molecule has 0 amide bonds. The first-order valence-corrected chi connectivity index (χ1v) is 11.0. The molecule has 8 heteroatoms. The van der Waals surface area contributed by atoms with Crippen molar-refractivity contribution in [3.05, 3.63) is 69.5 Å². The summed E-state index contributed by atoms with van der Waals surface area (Å²) in [6, 6.07) is 15.0. The van der Waals surface area contributed by atoms with Gasteiger partial charge in [-0.25, -0.2) is 0 Å². The van der Waals surface area contributed by atoms with Gasteiger partial charge in [-0.15, -0.1) is 11.3 Å².